The highest BCUT2D eigenvalue weighted by Gasteiger charge is 2.50. The normalized spacial score (nSPS) is 26.1. The van der Waals surface area contributed by atoms with E-state index in [1.54, 1.807) is 7.11 Å². The van der Waals surface area contributed by atoms with E-state index in [2.05, 4.69) is 38.8 Å². The van der Waals surface area contributed by atoms with Crippen LogP contribution in [-0.4, -0.2) is 53.1 Å². The summed E-state index contributed by atoms with van der Waals surface area (Å²) in [6, 6.07) is 0.877. The number of nitrogens with zero attached hydrogens (tertiary/aromatic N) is 1. The molecule has 1 aliphatic carbocycles. The van der Waals surface area contributed by atoms with Crippen LogP contribution in [0.25, 0.3) is 0 Å². The first-order valence-electron chi connectivity index (χ1n) is 9.73. The number of H-pyrrole nitrogens is 1. The van der Waals surface area contributed by atoms with Crippen LogP contribution in [-0.2, 0) is 13.7 Å². The van der Waals surface area contributed by atoms with Gasteiger partial charge in [-0.1, -0.05) is 20.8 Å². The molecule has 1 aliphatic rings. The van der Waals surface area contributed by atoms with Crippen LogP contribution in [0.2, 0.25) is 18.1 Å². The summed E-state index contributed by atoms with van der Waals surface area (Å²) in [6.45, 7) is 10.6. The van der Waals surface area contributed by atoms with Crippen LogP contribution in [0.4, 0.5) is 0 Å². The maximum atomic E-state index is 12.4. The van der Waals surface area contributed by atoms with Gasteiger partial charge in [-0.2, -0.15) is 0 Å². The molecule has 1 fully saturated rings. The summed E-state index contributed by atoms with van der Waals surface area (Å²) in [4.78, 5) is 44.8. The van der Waals surface area contributed by atoms with Crippen LogP contribution in [0.3, 0.4) is 0 Å². The number of hydrogen-bond acceptors (Lipinski definition) is 5. The van der Waals surface area contributed by atoms with E-state index in [1.807, 2.05) is 0 Å². The number of nitrogens with one attached hydrogen (secondary N) is 1. The van der Waals surface area contributed by atoms with Gasteiger partial charge in [-0.15, -0.1) is 0 Å². The van der Waals surface area contributed by atoms with Crippen molar-refractivity contribution in [3.05, 3.63) is 33.1 Å². The molecule has 0 aliphatic heterocycles. The minimum atomic E-state index is -4.17. The fourth-order valence-electron chi connectivity index (χ4n) is 3.61. The molecule has 3 N–H and O–H groups in total. The molecule has 0 saturated heterocycles. The number of methoxy groups -OCH3 is 1. The van der Waals surface area contributed by atoms with Crippen LogP contribution in [0.1, 0.15) is 39.7 Å². The molecule has 1 saturated carbocycles. The Kier molecular flexibility index (Phi) is 7.19. The molecule has 1 heterocycles. The number of rotatable bonds is 7. The summed E-state index contributed by atoms with van der Waals surface area (Å²) >= 11 is 0. The third-order valence-electron chi connectivity index (χ3n) is 6.22. The Bertz CT molecular complexity index is 870. The molecule has 1 aromatic heterocycles. The maximum Gasteiger partial charge on any atom is 0.328 e. The first-order chi connectivity index (χ1) is 13.2. The van der Waals surface area contributed by atoms with Crippen molar-refractivity contribution in [2.45, 2.75) is 70.0 Å². The van der Waals surface area contributed by atoms with Gasteiger partial charge in [0.2, 0.25) is 0 Å². The molecule has 1 aromatic rings. The van der Waals surface area contributed by atoms with E-state index in [-0.39, 0.29) is 23.5 Å². The maximum absolute atomic E-state index is 12.4. The molecule has 11 heteroatoms. The number of aromatic nitrogens is 2. The second-order valence-corrected chi connectivity index (χ2v) is 15.8. The minimum absolute atomic E-state index is 0.0635. The molecule has 0 radical (unpaired) electrons. The molecule has 0 spiro atoms. The minimum Gasteiger partial charge on any atom is -0.411 e. The SMILES string of the molecule is CO[C@@H]1[C@H](O[Si](C)(C)C(C)(C)C)[C@@H](CCP(=O)(O)O)C[C@H]1n1ccc(=O)[nH]c1=O. The van der Waals surface area contributed by atoms with Crippen molar-refractivity contribution in [1.29, 1.82) is 0 Å². The van der Waals surface area contributed by atoms with E-state index in [9.17, 15) is 23.9 Å². The summed E-state index contributed by atoms with van der Waals surface area (Å²) < 4.78 is 25.3. The lowest BCUT2D eigenvalue weighted by Gasteiger charge is -2.41. The second kappa shape index (κ2) is 8.61. The summed E-state index contributed by atoms with van der Waals surface area (Å²) in [5.74, 6) is -0.189. The fourth-order valence-corrected chi connectivity index (χ4v) is 5.64. The monoisotopic (exact) mass is 448 g/mol. The molecule has 166 valence electrons. The molecule has 0 aromatic carbocycles. The van der Waals surface area contributed by atoms with Gasteiger partial charge >= 0.3 is 13.3 Å². The van der Waals surface area contributed by atoms with Crippen molar-refractivity contribution in [3.63, 3.8) is 0 Å². The fraction of sp³-hybridized carbons (Fsp3) is 0.778. The Morgan fingerprint density at radius 3 is 2.38 bits per heavy atom. The molecule has 0 unspecified atom stereocenters. The van der Waals surface area contributed by atoms with Gasteiger partial charge in [0.05, 0.1) is 18.3 Å². The van der Waals surface area contributed by atoms with Crippen molar-refractivity contribution < 1.29 is 23.5 Å². The zero-order chi connectivity index (χ0) is 22.2. The zero-order valence-corrected chi connectivity index (χ0v) is 19.8. The van der Waals surface area contributed by atoms with Gasteiger partial charge in [0.25, 0.3) is 5.56 Å². The van der Waals surface area contributed by atoms with Gasteiger partial charge in [0.1, 0.15) is 6.10 Å². The predicted octanol–water partition coefficient (Wildman–Crippen LogP) is 2.07. The molecule has 0 amide bonds. The van der Waals surface area contributed by atoms with Crippen LogP contribution in [0.15, 0.2) is 21.9 Å². The van der Waals surface area contributed by atoms with Crippen LogP contribution in [0.5, 0.6) is 0 Å². The van der Waals surface area contributed by atoms with Crippen LogP contribution >= 0.6 is 7.60 Å². The zero-order valence-electron chi connectivity index (χ0n) is 17.9. The van der Waals surface area contributed by atoms with Crippen LogP contribution in [0, 0.1) is 5.92 Å². The molecule has 2 rings (SSSR count). The third-order valence-corrected chi connectivity index (χ3v) is 11.5. The van der Waals surface area contributed by atoms with E-state index in [0.717, 1.165) is 0 Å². The van der Waals surface area contributed by atoms with Crippen molar-refractivity contribution >= 4 is 15.9 Å². The Hall–Kier alpha value is -1.03. The standard InChI is InChI=1S/C18H33N2O7PSi/c1-18(2,3)29(5,6)27-15-12(8-10-28(23,24)25)11-13(16(15)26-4)20-9-7-14(21)19-17(20)22/h7,9,12-13,15-16H,8,10-11H2,1-6H3,(H,19,21,22)(H2,23,24,25)/t12-,13+,15+,16-/m0/s1. The van der Waals surface area contributed by atoms with E-state index in [1.165, 1.54) is 16.8 Å². The quantitative estimate of drug-likeness (QED) is 0.430. The number of ether oxygens (including phenoxy) is 1. The molecule has 0 bridgehead atoms. The lowest BCUT2D eigenvalue weighted by atomic mass is 10.0. The Labute approximate surface area is 171 Å². The summed E-state index contributed by atoms with van der Waals surface area (Å²) in [7, 11) is -4.84. The number of aromatic amines is 1. The topological polar surface area (TPSA) is 131 Å². The first-order valence-corrected chi connectivity index (χ1v) is 14.4. The van der Waals surface area contributed by atoms with Gasteiger partial charge < -0.3 is 18.9 Å². The highest BCUT2D eigenvalue weighted by atomic mass is 31.2. The van der Waals surface area contributed by atoms with Gasteiger partial charge in [-0.05, 0) is 36.9 Å². The van der Waals surface area contributed by atoms with Gasteiger partial charge in [-0.25, -0.2) is 4.79 Å². The van der Waals surface area contributed by atoms with Crippen molar-refractivity contribution in [1.82, 2.24) is 9.55 Å². The summed E-state index contributed by atoms with van der Waals surface area (Å²) in [5.41, 5.74) is -1.02. The molecular weight excluding hydrogens is 415 g/mol. The summed E-state index contributed by atoms with van der Waals surface area (Å²) in [5, 5.41) is -0.0635. The van der Waals surface area contributed by atoms with Crippen LogP contribution < -0.4 is 11.2 Å². The van der Waals surface area contributed by atoms with E-state index < -0.39 is 45.4 Å². The van der Waals surface area contributed by atoms with Crippen molar-refractivity contribution in [2.75, 3.05) is 13.3 Å². The third kappa shape index (κ3) is 5.77. The molecular formula is C18H33N2O7PSi. The number of hydrogen-bond donors (Lipinski definition) is 3. The Morgan fingerprint density at radius 2 is 1.90 bits per heavy atom. The largest absolute Gasteiger partial charge is 0.411 e. The van der Waals surface area contributed by atoms with E-state index in [4.69, 9.17) is 9.16 Å². The summed E-state index contributed by atoms with van der Waals surface area (Å²) in [6.07, 6.45) is 1.03. The Balaban J connectivity index is 2.42. The first kappa shape index (κ1) is 24.2. The lowest BCUT2D eigenvalue weighted by molar-refractivity contribution is -0.0172. The Morgan fingerprint density at radius 1 is 1.28 bits per heavy atom. The average molecular weight is 449 g/mol. The second-order valence-electron chi connectivity index (χ2n) is 9.30. The van der Waals surface area contributed by atoms with E-state index in [0.29, 0.717) is 6.42 Å². The lowest BCUT2D eigenvalue weighted by Crippen LogP contribution is -2.49. The molecule has 9 nitrogen and oxygen atoms in total. The van der Waals surface area contributed by atoms with Gasteiger partial charge in [-0.3, -0.25) is 18.9 Å². The van der Waals surface area contributed by atoms with Gasteiger partial charge in [0.15, 0.2) is 8.32 Å². The predicted molar refractivity (Wildman–Crippen MR) is 113 cm³/mol. The van der Waals surface area contributed by atoms with Crippen molar-refractivity contribution in [2.24, 2.45) is 5.92 Å². The smallest absolute Gasteiger partial charge is 0.328 e. The van der Waals surface area contributed by atoms with E-state index >= 15 is 0 Å². The molecule has 4 atom stereocenters. The van der Waals surface area contributed by atoms with Crippen molar-refractivity contribution in [3.8, 4) is 0 Å². The highest BCUT2D eigenvalue weighted by molar-refractivity contribution is 7.51. The molecule has 29 heavy (non-hydrogen) atoms. The highest BCUT2D eigenvalue weighted by Crippen LogP contribution is 2.47. The average Bonchev–Trinajstić information content (AvgIpc) is 2.88. The van der Waals surface area contributed by atoms with Gasteiger partial charge in [0, 0.05) is 19.4 Å².